The fourth-order valence-electron chi connectivity index (χ4n) is 8.37. The number of hydrogen-bond donors (Lipinski definition) is 0. The molecular weight excluding hydrogens is 593 g/mol. The molecule has 0 amide bonds. The van der Waals surface area contributed by atoms with Crippen LogP contribution in [0, 0.1) is 0 Å². The van der Waals surface area contributed by atoms with Crippen molar-refractivity contribution >= 4 is 16.8 Å². The van der Waals surface area contributed by atoms with Crippen LogP contribution in [0.2, 0.25) is 0 Å². The lowest BCUT2D eigenvalue weighted by atomic mass is 9.76. The number of ether oxygens (including phenoxy) is 1. The van der Waals surface area contributed by atoms with E-state index in [0.717, 1.165) is 28.7 Å². The summed E-state index contributed by atoms with van der Waals surface area (Å²) in [5.74, 6) is 0.954. The molecule has 0 aromatic heterocycles. The third-order valence-corrected chi connectivity index (χ3v) is 10.9. The molecule has 1 heteroatoms. The number of fused-ring (bicyclic) bond motifs is 8. The van der Waals surface area contributed by atoms with Crippen LogP contribution in [-0.2, 0) is 17.4 Å². The number of aryl methyl sites for hydroxylation is 1. The summed E-state index contributed by atoms with van der Waals surface area (Å²) >= 11 is 0. The molecule has 0 saturated heterocycles. The first-order valence-electron chi connectivity index (χ1n) is 17.4. The number of rotatable bonds is 5. The summed E-state index contributed by atoms with van der Waals surface area (Å²) in [6.07, 6.45) is 5.67. The molecule has 1 heterocycles. The summed E-state index contributed by atoms with van der Waals surface area (Å²) in [5.41, 5.74) is 14.1. The Kier molecular flexibility index (Phi) is 6.74. The zero-order valence-electron chi connectivity index (χ0n) is 28.2. The van der Waals surface area contributed by atoms with Crippen molar-refractivity contribution < 1.29 is 4.74 Å². The minimum Gasteiger partial charge on any atom is -0.472 e. The first-order chi connectivity index (χ1) is 24.0. The van der Waals surface area contributed by atoms with E-state index in [1.807, 2.05) is 0 Å². The molecule has 1 aliphatic carbocycles. The van der Waals surface area contributed by atoms with Gasteiger partial charge >= 0.3 is 0 Å². The van der Waals surface area contributed by atoms with Crippen molar-refractivity contribution in [1.82, 2.24) is 0 Å². The van der Waals surface area contributed by atoms with Crippen molar-refractivity contribution in [3.05, 3.63) is 191 Å². The lowest BCUT2D eigenvalue weighted by molar-refractivity contribution is 0.163. The highest BCUT2D eigenvalue weighted by Gasteiger charge is 2.44. The van der Waals surface area contributed by atoms with Crippen molar-refractivity contribution in [1.29, 1.82) is 0 Å². The molecule has 49 heavy (non-hydrogen) atoms. The summed E-state index contributed by atoms with van der Waals surface area (Å²) in [5, 5.41) is 2.40. The van der Waals surface area contributed by atoms with Crippen molar-refractivity contribution in [3.8, 4) is 39.1 Å². The Balaban J connectivity index is 1.23. The number of hydrogen-bond acceptors (Lipinski definition) is 1. The fraction of sp³-hybridized carbons (Fsp3) is 0.125. The second-order valence-corrected chi connectivity index (χ2v) is 13.9. The van der Waals surface area contributed by atoms with Gasteiger partial charge in [-0.05, 0) is 68.0 Å². The van der Waals surface area contributed by atoms with Gasteiger partial charge < -0.3 is 4.74 Å². The molecule has 0 bridgehead atoms. The molecule has 1 nitrogen and oxygen atoms in total. The summed E-state index contributed by atoms with van der Waals surface area (Å²) in [6, 6.07) is 54.9. The molecule has 1 atom stereocenters. The fourth-order valence-corrected chi connectivity index (χ4v) is 8.37. The molecule has 1 unspecified atom stereocenters. The monoisotopic (exact) mass is 630 g/mol. The predicted octanol–water partition coefficient (Wildman–Crippen LogP) is 12.4. The summed E-state index contributed by atoms with van der Waals surface area (Å²) in [6.45, 7) is 7.00. The molecule has 2 aliphatic rings. The van der Waals surface area contributed by atoms with E-state index < -0.39 is 5.60 Å². The van der Waals surface area contributed by atoms with E-state index in [9.17, 15) is 0 Å². The second-order valence-electron chi connectivity index (χ2n) is 13.9. The molecule has 0 radical (unpaired) electrons. The van der Waals surface area contributed by atoms with E-state index in [1.165, 1.54) is 61.0 Å². The smallest absolute Gasteiger partial charge is 0.178 e. The molecule has 0 spiro atoms. The Hall–Kier alpha value is -5.66. The van der Waals surface area contributed by atoms with E-state index in [2.05, 4.69) is 185 Å². The second kappa shape index (κ2) is 11.2. The Morgan fingerprint density at radius 2 is 1.14 bits per heavy atom. The zero-order valence-corrected chi connectivity index (χ0v) is 28.2. The van der Waals surface area contributed by atoms with E-state index in [4.69, 9.17) is 4.74 Å². The van der Waals surface area contributed by atoms with Crippen molar-refractivity contribution in [2.45, 2.75) is 38.2 Å². The Labute approximate surface area is 289 Å². The van der Waals surface area contributed by atoms with Crippen LogP contribution >= 0.6 is 0 Å². The van der Waals surface area contributed by atoms with Crippen LogP contribution in [0.5, 0.6) is 5.75 Å². The van der Waals surface area contributed by atoms with Crippen molar-refractivity contribution in [2.24, 2.45) is 0 Å². The van der Waals surface area contributed by atoms with Crippen molar-refractivity contribution in [2.75, 3.05) is 0 Å². The van der Waals surface area contributed by atoms with Gasteiger partial charge in [-0.15, -0.1) is 0 Å². The van der Waals surface area contributed by atoms with Crippen LogP contribution in [0.15, 0.2) is 158 Å². The maximum absolute atomic E-state index is 7.52. The topological polar surface area (TPSA) is 9.23 Å². The Morgan fingerprint density at radius 1 is 0.551 bits per heavy atom. The maximum atomic E-state index is 7.52. The first-order valence-corrected chi connectivity index (χ1v) is 17.4. The van der Waals surface area contributed by atoms with Crippen LogP contribution in [0.25, 0.3) is 50.2 Å². The van der Waals surface area contributed by atoms with Crippen molar-refractivity contribution in [3.63, 3.8) is 0 Å². The zero-order chi connectivity index (χ0) is 33.2. The third-order valence-electron chi connectivity index (χ3n) is 10.9. The van der Waals surface area contributed by atoms with Crippen LogP contribution < -0.4 is 4.74 Å². The largest absolute Gasteiger partial charge is 0.472 e. The molecule has 9 rings (SSSR count). The van der Waals surface area contributed by atoms with Crippen LogP contribution in [0.4, 0.5) is 0 Å². The van der Waals surface area contributed by atoms with Gasteiger partial charge in [-0.25, -0.2) is 0 Å². The molecule has 7 aromatic rings. The van der Waals surface area contributed by atoms with Gasteiger partial charge in [0.25, 0.3) is 0 Å². The predicted molar refractivity (Wildman–Crippen MR) is 205 cm³/mol. The highest BCUT2D eigenvalue weighted by molar-refractivity contribution is 6.08. The molecule has 7 aromatic carbocycles. The Morgan fingerprint density at radius 3 is 1.84 bits per heavy atom. The minimum atomic E-state index is -0.798. The van der Waals surface area contributed by atoms with Gasteiger partial charge in [0.1, 0.15) is 5.75 Å². The van der Waals surface area contributed by atoms with Gasteiger partial charge in [-0.3, -0.25) is 0 Å². The average molecular weight is 631 g/mol. The van der Waals surface area contributed by atoms with Crippen LogP contribution in [0.3, 0.4) is 0 Å². The highest BCUT2D eigenvalue weighted by atomic mass is 16.5. The molecular formula is C48H38O. The molecule has 0 N–H and O–H groups in total. The van der Waals surface area contributed by atoms with Gasteiger partial charge in [0.2, 0.25) is 0 Å². The lowest BCUT2D eigenvalue weighted by Crippen LogP contribution is -2.35. The minimum absolute atomic E-state index is 0.168. The van der Waals surface area contributed by atoms with Crippen LogP contribution in [0.1, 0.15) is 54.2 Å². The van der Waals surface area contributed by atoms with Gasteiger partial charge in [-0.2, -0.15) is 0 Å². The summed E-state index contributed by atoms with van der Waals surface area (Å²) in [7, 11) is 0. The SMILES string of the molecule is CCc1ccc2c(c1)C(C)(C)c1c3c(c4ccccc4c1-2)OC(c1ccccc1)(c1ccc(-c2ccccc2-c2ccccc2)cc1)C=C3. The molecule has 0 saturated carbocycles. The van der Waals surface area contributed by atoms with Gasteiger partial charge in [-0.1, -0.05) is 179 Å². The van der Waals surface area contributed by atoms with E-state index in [0.29, 0.717) is 0 Å². The first kappa shape index (κ1) is 29.5. The quantitative estimate of drug-likeness (QED) is 0.184. The van der Waals surface area contributed by atoms with Gasteiger partial charge in [0.05, 0.1) is 0 Å². The average Bonchev–Trinajstić information content (AvgIpc) is 3.41. The highest BCUT2D eigenvalue weighted by Crippen LogP contribution is 2.58. The normalized spacial score (nSPS) is 16.9. The standard InChI is InChI=1S/C48H38O/c1-4-32-23-28-41-43(31-32)47(2,3)45-42-29-30-48(35-17-9-6-10-18-35,49-46(42)40-22-14-13-21-39(40)44(41)45)36-26-24-34(25-27-36)38-20-12-11-19-37(38)33-15-7-5-8-16-33/h5-31H,4H2,1-3H3. The Bertz CT molecular complexity index is 2400. The van der Waals surface area contributed by atoms with Gasteiger partial charge in [0, 0.05) is 27.5 Å². The third kappa shape index (κ3) is 4.46. The molecule has 0 fully saturated rings. The molecule has 1 aliphatic heterocycles. The van der Waals surface area contributed by atoms with E-state index in [-0.39, 0.29) is 5.41 Å². The van der Waals surface area contributed by atoms with Crippen LogP contribution in [-0.4, -0.2) is 0 Å². The molecule has 236 valence electrons. The number of benzene rings is 7. The maximum Gasteiger partial charge on any atom is 0.178 e. The van der Waals surface area contributed by atoms with Gasteiger partial charge in [0.15, 0.2) is 5.60 Å². The lowest BCUT2D eigenvalue weighted by Gasteiger charge is -2.38. The summed E-state index contributed by atoms with van der Waals surface area (Å²) in [4.78, 5) is 0. The van der Waals surface area contributed by atoms with E-state index in [1.54, 1.807) is 0 Å². The van der Waals surface area contributed by atoms with E-state index >= 15 is 0 Å². The summed E-state index contributed by atoms with van der Waals surface area (Å²) < 4.78 is 7.52.